The molecule has 0 radical (unpaired) electrons. The van der Waals surface area contributed by atoms with Crippen LogP contribution in [0.1, 0.15) is 36.6 Å². The molecule has 33 heavy (non-hydrogen) atoms. The minimum absolute atomic E-state index is 0. The molecule has 9 heteroatoms. The number of likely N-dealkylation sites (N-methyl/N-ethyl adjacent to an activating group) is 1. The van der Waals surface area contributed by atoms with Gasteiger partial charge >= 0.3 is 0 Å². The van der Waals surface area contributed by atoms with Gasteiger partial charge in [0.2, 0.25) is 5.91 Å². The number of Topliss-reactive ketones (excluding diaryl/α,β-unsaturated/α-hetero) is 1. The summed E-state index contributed by atoms with van der Waals surface area (Å²) in [6, 6.07) is 7.86. The molecule has 2 unspecified atom stereocenters. The van der Waals surface area contributed by atoms with Crippen LogP contribution >= 0.6 is 25.0 Å². The molecule has 178 valence electrons. The minimum Gasteiger partial charge on any atom is -0.347 e. The van der Waals surface area contributed by atoms with Crippen LogP contribution in [0.5, 0.6) is 0 Å². The van der Waals surface area contributed by atoms with E-state index in [1.54, 1.807) is 43.2 Å². The third-order valence-electron chi connectivity index (χ3n) is 6.11. The van der Waals surface area contributed by atoms with Crippen LogP contribution in [0, 0.1) is 11.7 Å². The molecule has 1 amide bonds. The van der Waals surface area contributed by atoms with Crippen molar-refractivity contribution in [1.29, 1.82) is 0 Å². The van der Waals surface area contributed by atoms with Crippen molar-refractivity contribution in [3.8, 4) is 0 Å². The smallest absolute Gasteiger partial charge is 0.243 e. The van der Waals surface area contributed by atoms with Crippen molar-refractivity contribution >= 4 is 42.8 Å². The lowest BCUT2D eigenvalue weighted by molar-refractivity contribution is -0.129. The first-order chi connectivity index (χ1) is 15.3. The third kappa shape index (κ3) is 6.05. The molecule has 1 aliphatic heterocycles. The van der Waals surface area contributed by atoms with Crippen molar-refractivity contribution in [2.24, 2.45) is 5.92 Å². The number of nitrogens with zero attached hydrogens (tertiary/aromatic N) is 4. The highest BCUT2D eigenvalue weighted by atomic mass is 35.5. The third-order valence-corrected chi connectivity index (χ3v) is 6.70. The first kappa shape index (κ1) is 25.5. The summed E-state index contributed by atoms with van der Waals surface area (Å²) in [5.74, 6) is -0.229. The van der Waals surface area contributed by atoms with Crippen LogP contribution in [-0.2, 0) is 16.1 Å². The van der Waals surface area contributed by atoms with Crippen molar-refractivity contribution in [3.05, 3.63) is 59.2 Å². The number of piperidine rings is 1. The Bertz CT molecular complexity index is 1040. The molecular weight excluding hydrogens is 463 g/mol. The fraction of sp³-hybridized carbons (Fsp3) is 0.458. The van der Waals surface area contributed by atoms with Crippen LogP contribution < -0.4 is 0 Å². The second kappa shape index (κ2) is 10.8. The van der Waals surface area contributed by atoms with Crippen molar-refractivity contribution in [2.75, 3.05) is 27.2 Å². The maximum atomic E-state index is 14.7. The summed E-state index contributed by atoms with van der Waals surface area (Å²) in [6.45, 7) is 1.38. The van der Waals surface area contributed by atoms with E-state index in [2.05, 4.69) is 10.00 Å². The molecular formula is C24H30ClFN4O2S. The van der Waals surface area contributed by atoms with Gasteiger partial charge in [0, 0.05) is 50.1 Å². The SMILES string of the molecule is CN(C)C(=O)Cn1ccc(C=C2CN(C(C(=O)C3CC3)c3ccccc3F)CCC2S)n1.Cl. The first-order valence-corrected chi connectivity index (χ1v) is 11.5. The summed E-state index contributed by atoms with van der Waals surface area (Å²) < 4.78 is 16.3. The molecule has 2 fully saturated rings. The Kier molecular flexibility index (Phi) is 8.37. The van der Waals surface area contributed by atoms with E-state index in [0.29, 0.717) is 18.7 Å². The van der Waals surface area contributed by atoms with Gasteiger partial charge in [-0.05, 0) is 43.0 Å². The normalized spacial score (nSPS) is 20.8. The Labute approximate surface area is 205 Å². The predicted octanol–water partition coefficient (Wildman–Crippen LogP) is 3.64. The highest BCUT2D eigenvalue weighted by molar-refractivity contribution is 7.81. The van der Waals surface area contributed by atoms with Gasteiger partial charge < -0.3 is 4.90 Å². The second-order valence-corrected chi connectivity index (χ2v) is 9.44. The fourth-order valence-corrected chi connectivity index (χ4v) is 4.36. The molecule has 4 rings (SSSR count). The van der Waals surface area contributed by atoms with Gasteiger partial charge in [-0.25, -0.2) is 4.39 Å². The summed E-state index contributed by atoms with van der Waals surface area (Å²) in [5, 5.41) is 4.53. The minimum atomic E-state index is -0.580. The number of hydrogen-bond donors (Lipinski definition) is 1. The van der Waals surface area contributed by atoms with Gasteiger partial charge in [-0.3, -0.25) is 19.2 Å². The Hall–Kier alpha value is -2.16. The van der Waals surface area contributed by atoms with Crippen LogP contribution in [0.3, 0.4) is 0 Å². The zero-order valence-electron chi connectivity index (χ0n) is 18.9. The maximum absolute atomic E-state index is 14.7. The summed E-state index contributed by atoms with van der Waals surface area (Å²) in [5.41, 5.74) is 2.23. The molecule has 0 N–H and O–H groups in total. The Morgan fingerprint density at radius 1 is 1.24 bits per heavy atom. The number of carbonyl (C=O) groups excluding carboxylic acids is 2. The van der Waals surface area contributed by atoms with Gasteiger partial charge in [0.15, 0.2) is 5.78 Å². The molecule has 2 aromatic rings. The molecule has 0 spiro atoms. The van der Waals surface area contributed by atoms with Crippen LogP contribution in [0.4, 0.5) is 4.39 Å². The largest absolute Gasteiger partial charge is 0.347 e. The summed E-state index contributed by atoms with van der Waals surface area (Å²) >= 11 is 4.75. The highest BCUT2D eigenvalue weighted by Crippen LogP contribution is 2.39. The van der Waals surface area contributed by atoms with Gasteiger partial charge in [-0.2, -0.15) is 17.7 Å². The zero-order valence-corrected chi connectivity index (χ0v) is 20.6. The van der Waals surface area contributed by atoms with Crippen molar-refractivity contribution in [3.63, 3.8) is 0 Å². The number of halogens is 2. The molecule has 1 saturated heterocycles. The average Bonchev–Trinajstić information content (AvgIpc) is 3.52. The van der Waals surface area contributed by atoms with E-state index in [0.717, 1.165) is 30.5 Å². The van der Waals surface area contributed by atoms with Gasteiger partial charge in [-0.1, -0.05) is 18.2 Å². The Balaban J connectivity index is 0.00000306. The Morgan fingerprint density at radius 2 is 1.97 bits per heavy atom. The van der Waals surface area contributed by atoms with Crippen molar-refractivity contribution in [1.82, 2.24) is 19.6 Å². The number of aromatic nitrogens is 2. The van der Waals surface area contributed by atoms with Gasteiger partial charge in [-0.15, -0.1) is 12.4 Å². The first-order valence-electron chi connectivity index (χ1n) is 11.0. The highest BCUT2D eigenvalue weighted by Gasteiger charge is 2.40. The summed E-state index contributed by atoms with van der Waals surface area (Å²) in [4.78, 5) is 28.7. The fourth-order valence-electron chi connectivity index (χ4n) is 4.08. The summed E-state index contributed by atoms with van der Waals surface area (Å²) in [7, 11) is 3.43. The molecule has 1 aromatic heterocycles. The number of benzene rings is 1. The molecule has 1 saturated carbocycles. The van der Waals surface area contributed by atoms with Crippen LogP contribution in [0.2, 0.25) is 0 Å². The molecule has 0 bridgehead atoms. The Morgan fingerprint density at radius 3 is 2.64 bits per heavy atom. The lowest BCUT2D eigenvalue weighted by Crippen LogP contribution is -2.42. The zero-order chi connectivity index (χ0) is 22.8. The van der Waals surface area contributed by atoms with Crippen molar-refractivity contribution in [2.45, 2.75) is 37.1 Å². The second-order valence-electron chi connectivity index (χ2n) is 8.82. The van der Waals surface area contributed by atoms with Crippen LogP contribution in [0.25, 0.3) is 6.08 Å². The number of rotatable bonds is 7. The maximum Gasteiger partial charge on any atom is 0.243 e. The number of thiol groups is 1. The standard InChI is InChI=1S/C24H29FN4O2S.ClH/c1-27(2)22(30)15-29-12-9-18(26-29)13-17-14-28(11-10-21(17)32)23(24(31)16-7-8-16)19-5-3-4-6-20(19)25;/h3-6,9,12-13,16,21,23,32H,7-8,10-11,14-15H2,1-2H3;1H. The molecule has 6 nitrogen and oxygen atoms in total. The van der Waals surface area contributed by atoms with Gasteiger partial charge in [0.05, 0.1) is 11.7 Å². The number of likely N-dealkylation sites (tertiary alicyclic amines) is 1. The topological polar surface area (TPSA) is 58.4 Å². The molecule has 1 aliphatic carbocycles. The van der Waals surface area contributed by atoms with E-state index in [9.17, 15) is 14.0 Å². The number of amides is 1. The number of carbonyl (C=O) groups is 2. The molecule has 2 heterocycles. The lowest BCUT2D eigenvalue weighted by atomic mass is 9.93. The van der Waals surface area contributed by atoms with E-state index >= 15 is 0 Å². The molecule has 2 aliphatic rings. The quantitative estimate of drug-likeness (QED) is 0.599. The van der Waals surface area contributed by atoms with E-state index in [1.807, 2.05) is 12.1 Å². The van der Waals surface area contributed by atoms with Gasteiger partial charge in [0.1, 0.15) is 12.4 Å². The van der Waals surface area contributed by atoms with E-state index in [1.165, 1.54) is 11.0 Å². The van der Waals surface area contributed by atoms with Crippen LogP contribution in [-0.4, -0.2) is 63.7 Å². The molecule has 2 atom stereocenters. The van der Waals surface area contributed by atoms with Gasteiger partial charge in [0.25, 0.3) is 0 Å². The summed E-state index contributed by atoms with van der Waals surface area (Å²) in [6.07, 6.45) is 6.29. The van der Waals surface area contributed by atoms with E-state index < -0.39 is 6.04 Å². The van der Waals surface area contributed by atoms with E-state index in [-0.39, 0.29) is 47.6 Å². The monoisotopic (exact) mass is 492 g/mol. The van der Waals surface area contributed by atoms with E-state index in [4.69, 9.17) is 12.6 Å². The average molecular weight is 493 g/mol. The molecule has 1 aromatic carbocycles. The number of hydrogen-bond acceptors (Lipinski definition) is 5. The predicted molar refractivity (Wildman–Crippen MR) is 132 cm³/mol. The lowest BCUT2D eigenvalue weighted by Gasteiger charge is -2.37. The number of ketones is 1. The van der Waals surface area contributed by atoms with Crippen molar-refractivity contribution < 1.29 is 14.0 Å². The van der Waals surface area contributed by atoms with Crippen LogP contribution in [0.15, 0.2) is 42.1 Å².